The van der Waals surface area contributed by atoms with E-state index >= 15 is 0 Å². The van der Waals surface area contributed by atoms with E-state index in [4.69, 9.17) is 28.8 Å². The lowest BCUT2D eigenvalue weighted by molar-refractivity contribution is 0.0321. The summed E-state index contributed by atoms with van der Waals surface area (Å²) < 4.78 is 55.0. The number of aromatic nitrogens is 1. The van der Waals surface area contributed by atoms with Gasteiger partial charge in [-0.2, -0.15) is 0 Å². The fourth-order valence-electron chi connectivity index (χ4n) is 6.28. The number of ketones is 1. The van der Waals surface area contributed by atoms with Crippen LogP contribution < -0.4 is 29.6 Å². The Labute approximate surface area is 345 Å². The first-order chi connectivity index (χ1) is 28.2. The van der Waals surface area contributed by atoms with Crippen molar-refractivity contribution in [2.45, 2.75) is 45.4 Å². The Morgan fingerprint density at radius 2 is 1.49 bits per heavy atom. The summed E-state index contributed by atoms with van der Waals surface area (Å²) in [4.78, 5) is 31.0. The number of aliphatic hydroxyl groups excluding tert-OH is 1. The van der Waals surface area contributed by atoms with Crippen LogP contribution in [0, 0.1) is 0 Å². The molecule has 1 aromatic heterocycles. The number of ether oxygens (including phenoxy) is 5. The van der Waals surface area contributed by atoms with Gasteiger partial charge in [-0.3, -0.25) is 14.5 Å². The number of nitrogens with one attached hydrogen (secondary N) is 3. The van der Waals surface area contributed by atoms with E-state index in [1.54, 1.807) is 42.6 Å². The number of carbonyl (C=O) groups excluding carboxylic acids is 2. The third-order valence-electron chi connectivity index (χ3n) is 9.10. The molecule has 0 radical (unpaired) electrons. The number of Topliss-reactive ketones (excluding diaryl/α,β-unsaturated/α-hetero) is 1. The van der Waals surface area contributed by atoms with Crippen molar-refractivity contribution >= 4 is 49.7 Å². The Balaban J connectivity index is 1.27. The second-order valence-corrected chi connectivity index (χ2v) is 16.5. The van der Waals surface area contributed by atoms with Crippen LogP contribution in [0.3, 0.4) is 0 Å². The lowest BCUT2D eigenvalue weighted by atomic mass is 9.86. The number of anilines is 3. The zero-order chi connectivity index (χ0) is 42.6. The van der Waals surface area contributed by atoms with E-state index in [1.807, 2.05) is 63.2 Å². The zero-order valence-electron chi connectivity index (χ0n) is 34.2. The number of nitrogens with zero attached hydrogens (tertiary/aromatic N) is 1. The van der Waals surface area contributed by atoms with Crippen molar-refractivity contribution in [1.82, 2.24) is 4.98 Å². The smallest absolute Gasteiger partial charge is 0.323 e. The van der Waals surface area contributed by atoms with Gasteiger partial charge in [0, 0.05) is 48.2 Å². The minimum atomic E-state index is -3.64. The number of urea groups is 1. The van der Waals surface area contributed by atoms with Crippen LogP contribution in [0.15, 0.2) is 85.1 Å². The average Bonchev–Trinajstić information content (AvgIpc) is 3.18. The monoisotopic (exact) mass is 828 g/mol. The number of fused-ring (bicyclic) bond motifs is 1. The summed E-state index contributed by atoms with van der Waals surface area (Å²) in [7, 11) is -0.703. The third-order valence-corrected chi connectivity index (χ3v) is 9.69. The van der Waals surface area contributed by atoms with Gasteiger partial charge in [0.1, 0.15) is 17.2 Å². The Hall–Kier alpha value is -5.74. The van der Waals surface area contributed by atoms with Gasteiger partial charge < -0.3 is 39.4 Å². The molecule has 0 atom stereocenters. The molecule has 0 fully saturated rings. The molecule has 0 saturated heterocycles. The van der Waals surface area contributed by atoms with Gasteiger partial charge in [-0.1, -0.05) is 51.1 Å². The van der Waals surface area contributed by atoms with Crippen LogP contribution >= 0.6 is 0 Å². The van der Waals surface area contributed by atoms with E-state index in [0.717, 1.165) is 33.8 Å². The van der Waals surface area contributed by atoms with Crippen LogP contribution in [-0.4, -0.2) is 83.8 Å². The molecule has 0 spiro atoms. The van der Waals surface area contributed by atoms with E-state index < -0.39 is 16.1 Å². The van der Waals surface area contributed by atoms with Gasteiger partial charge in [0.25, 0.3) is 0 Å². The second-order valence-electron chi connectivity index (χ2n) is 14.7. The number of carbonyl (C=O) groups is 2. The first-order valence-corrected chi connectivity index (χ1v) is 21.0. The molecule has 2 amide bonds. The number of benzene rings is 4. The molecule has 5 rings (SSSR count). The predicted molar refractivity (Wildman–Crippen MR) is 229 cm³/mol. The molecule has 0 bridgehead atoms. The van der Waals surface area contributed by atoms with Crippen molar-refractivity contribution in [2.75, 3.05) is 68.9 Å². The van der Waals surface area contributed by atoms with Crippen molar-refractivity contribution in [3.05, 3.63) is 107 Å². The van der Waals surface area contributed by atoms with E-state index in [9.17, 15) is 18.0 Å². The maximum atomic E-state index is 13.5. The topological polar surface area (TPSA) is 184 Å². The maximum Gasteiger partial charge on any atom is 0.323 e. The molecular weight excluding hydrogens is 777 g/mol. The lowest BCUT2D eigenvalue weighted by Crippen LogP contribution is -2.22. The summed E-state index contributed by atoms with van der Waals surface area (Å²) in [6.45, 7) is 7.40. The number of hydrogen-bond acceptors (Lipinski definition) is 11. The highest BCUT2D eigenvalue weighted by Crippen LogP contribution is 2.40. The van der Waals surface area contributed by atoms with Crippen LogP contribution in [0.1, 0.15) is 60.8 Å². The minimum absolute atomic E-state index is 0.0306. The first kappa shape index (κ1) is 44.4. The zero-order valence-corrected chi connectivity index (χ0v) is 35.0. The summed E-state index contributed by atoms with van der Waals surface area (Å²) in [5.74, 6) is 1.73. The van der Waals surface area contributed by atoms with Gasteiger partial charge in [0.15, 0.2) is 11.5 Å². The summed E-state index contributed by atoms with van der Waals surface area (Å²) >= 11 is 0. The van der Waals surface area contributed by atoms with Gasteiger partial charge in [-0.25, -0.2) is 13.2 Å². The molecular formula is C44H52N4O10S. The molecule has 59 heavy (non-hydrogen) atoms. The summed E-state index contributed by atoms with van der Waals surface area (Å²) in [5, 5.41) is 16.0. The highest BCUT2D eigenvalue weighted by molar-refractivity contribution is 7.92. The molecule has 0 saturated carbocycles. The quantitative estimate of drug-likeness (QED) is 0.0441. The maximum absolute atomic E-state index is 13.5. The fourth-order valence-corrected chi connectivity index (χ4v) is 6.83. The van der Waals surface area contributed by atoms with Crippen LogP contribution in [0.2, 0.25) is 0 Å². The minimum Gasteiger partial charge on any atom is -0.496 e. The molecule has 15 heteroatoms. The normalized spacial score (nSPS) is 11.6. The Bertz CT molecular complexity index is 2360. The number of rotatable bonds is 20. The van der Waals surface area contributed by atoms with Crippen LogP contribution in [0.5, 0.6) is 23.0 Å². The lowest BCUT2D eigenvalue weighted by Gasteiger charge is -2.24. The molecule has 0 aliphatic rings. The molecule has 4 N–H and O–H groups in total. The number of pyridine rings is 1. The molecule has 0 aliphatic heterocycles. The van der Waals surface area contributed by atoms with Crippen LogP contribution in [0.25, 0.3) is 10.8 Å². The standard InChI is InChI=1S/C44H52N4O10S/c1-44(2,3)30-26-37(42(55-5)38(27-30)48-59(6,52)53)47-43(51)46-36-15-16-40(34-11-8-7-10-33(34)36)58-32-17-18-45-31(28-32)24-29-13-14-35(41(25-29)54-4)39(50)12-9-20-56-22-23-57-21-19-49/h7-8,10-11,13-18,25-28,48-49H,9,12,19-24H2,1-6H3,(H2,46,47,51). The average molecular weight is 829 g/mol. The van der Waals surface area contributed by atoms with Gasteiger partial charge in [0.05, 0.1) is 69.5 Å². The molecule has 4 aromatic carbocycles. The Kier molecular flexibility index (Phi) is 15.3. The summed E-state index contributed by atoms with van der Waals surface area (Å²) in [5.41, 5.74) is 3.57. The van der Waals surface area contributed by atoms with E-state index in [-0.39, 0.29) is 35.8 Å². The number of hydrogen-bond donors (Lipinski definition) is 4. The van der Waals surface area contributed by atoms with E-state index in [2.05, 4.69) is 20.3 Å². The van der Waals surface area contributed by atoms with Gasteiger partial charge in [0.2, 0.25) is 10.0 Å². The molecule has 0 unspecified atom stereocenters. The largest absolute Gasteiger partial charge is 0.496 e. The Morgan fingerprint density at radius 1 is 0.780 bits per heavy atom. The van der Waals surface area contributed by atoms with E-state index in [0.29, 0.717) is 73.3 Å². The van der Waals surface area contributed by atoms with Crippen LogP contribution in [0.4, 0.5) is 21.9 Å². The molecule has 5 aromatic rings. The number of methoxy groups -OCH3 is 2. The Morgan fingerprint density at radius 3 is 2.19 bits per heavy atom. The van der Waals surface area contributed by atoms with Crippen molar-refractivity contribution in [3.8, 4) is 23.0 Å². The molecule has 1 heterocycles. The van der Waals surface area contributed by atoms with E-state index in [1.165, 1.54) is 14.2 Å². The highest BCUT2D eigenvalue weighted by Gasteiger charge is 2.23. The molecule has 314 valence electrons. The summed E-state index contributed by atoms with van der Waals surface area (Å²) in [6.07, 6.45) is 4.05. The second kappa shape index (κ2) is 20.3. The van der Waals surface area contributed by atoms with Gasteiger partial charge in [-0.15, -0.1) is 0 Å². The highest BCUT2D eigenvalue weighted by atomic mass is 32.2. The van der Waals surface area contributed by atoms with Crippen molar-refractivity contribution in [2.24, 2.45) is 0 Å². The van der Waals surface area contributed by atoms with Crippen molar-refractivity contribution in [1.29, 1.82) is 0 Å². The number of aliphatic hydroxyl groups is 1. The van der Waals surface area contributed by atoms with Gasteiger partial charge >= 0.3 is 6.03 Å². The third kappa shape index (κ3) is 12.6. The first-order valence-electron chi connectivity index (χ1n) is 19.1. The molecule has 14 nitrogen and oxygen atoms in total. The summed E-state index contributed by atoms with van der Waals surface area (Å²) in [6, 6.07) is 23.0. The predicted octanol–water partition coefficient (Wildman–Crippen LogP) is 7.94. The van der Waals surface area contributed by atoms with Crippen molar-refractivity contribution in [3.63, 3.8) is 0 Å². The SMILES string of the molecule is COc1cc(Cc2cc(Oc3ccc(NC(=O)Nc4cc(C(C)(C)C)cc(NS(C)(=O)=O)c4OC)c4ccccc34)ccn2)ccc1C(=O)CCCOCCOCCO. The number of amides is 2. The fraction of sp³-hybridized carbons (Fsp3) is 0.341. The number of sulfonamides is 1. The van der Waals surface area contributed by atoms with Gasteiger partial charge in [-0.05, 0) is 65.4 Å². The van der Waals surface area contributed by atoms with Crippen LogP contribution in [-0.2, 0) is 31.3 Å². The van der Waals surface area contributed by atoms with Crippen molar-refractivity contribution < 1.29 is 46.8 Å². The molecule has 0 aliphatic carbocycles.